The monoisotopic (exact) mass is 292 g/mol. The van der Waals surface area contributed by atoms with Crippen molar-refractivity contribution >= 4 is 29.1 Å². The summed E-state index contributed by atoms with van der Waals surface area (Å²) < 4.78 is 5.17. The minimum Gasteiger partial charge on any atom is -0.497 e. The van der Waals surface area contributed by atoms with E-state index in [-0.39, 0.29) is 12.3 Å². The van der Waals surface area contributed by atoms with Crippen LogP contribution in [-0.2, 0) is 4.79 Å². The molecule has 0 bridgehead atoms. The maximum Gasteiger partial charge on any atom is 0.230 e. The molecule has 1 heterocycles. The fourth-order valence-corrected chi connectivity index (χ4v) is 2.25. The zero-order valence-electron chi connectivity index (χ0n) is 12.2. The van der Waals surface area contributed by atoms with Crippen molar-refractivity contribution in [2.75, 3.05) is 12.4 Å². The molecule has 1 aliphatic heterocycles. The molecule has 2 aromatic rings. The molecule has 0 aromatic heterocycles. The molecule has 0 spiro atoms. The Balaban J connectivity index is 1.92. The number of anilines is 1. The van der Waals surface area contributed by atoms with Crippen molar-refractivity contribution in [2.45, 2.75) is 6.42 Å². The lowest BCUT2D eigenvalue weighted by Gasteiger charge is -2.06. The number of ether oxygens (including phenoxy) is 1. The van der Waals surface area contributed by atoms with E-state index in [4.69, 9.17) is 4.74 Å². The molecule has 1 amide bonds. The number of fused-ring (bicyclic) bond motifs is 1. The predicted molar refractivity (Wildman–Crippen MR) is 88.8 cm³/mol. The van der Waals surface area contributed by atoms with E-state index in [0.29, 0.717) is 11.4 Å². The molecule has 0 aliphatic carbocycles. The third kappa shape index (κ3) is 3.23. The summed E-state index contributed by atoms with van der Waals surface area (Å²) in [6, 6.07) is 15.4. The molecular formula is C18H16N2O2. The summed E-state index contributed by atoms with van der Waals surface area (Å²) in [5.41, 5.74) is 3.21. The van der Waals surface area contributed by atoms with Gasteiger partial charge in [0.2, 0.25) is 5.91 Å². The number of carbonyl (C=O) groups is 1. The van der Waals surface area contributed by atoms with Crippen LogP contribution in [0.1, 0.15) is 12.0 Å². The summed E-state index contributed by atoms with van der Waals surface area (Å²) in [7, 11) is 1.59. The van der Waals surface area contributed by atoms with Gasteiger partial charge in [0.1, 0.15) is 5.75 Å². The number of amides is 1. The number of methoxy groups -OCH3 is 1. The molecule has 4 nitrogen and oxygen atoms in total. The maximum atomic E-state index is 12.0. The average molecular weight is 292 g/mol. The minimum atomic E-state index is -0.0801. The number of nitrogens with zero attached hydrogens (tertiary/aromatic N) is 1. The van der Waals surface area contributed by atoms with E-state index in [0.717, 1.165) is 17.0 Å². The highest BCUT2D eigenvalue weighted by atomic mass is 16.5. The first-order chi connectivity index (χ1) is 10.7. The van der Waals surface area contributed by atoms with E-state index in [1.807, 2.05) is 54.6 Å². The average Bonchev–Trinajstić information content (AvgIpc) is 2.70. The Kier molecular flexibility index (Phi) is 4.01. The lowest BCUT2D eigenvalue weighted by Crippen LogP contribution is -2.13. The van der Waals surface area contributed by atoms with E-state index < -0.39 is 0 Å². The smallest absolute Gasteiger partial charge is 0.230 e. The van der Waals surface area contributed by atoms with Crippen LogP contribution in [-0.4, -0.2) is 18.7 Å². The Morgan fingerprint density at radius 2 is 1.95 bits per heavy atom. The summed E-state index contributed by atoms with van der Waals surface area (Å²) in [6.07, 6.45) is 4.09. The molecule has 0 radical (unpaired) electrons. The van der Waals surface area contributed by atoms with Crippen LogP contribution in [0.5, 0.6) is 5.75 Å². The molecule has 0 saturated heterocycles. The quantitative estimate of drug-likeness (QED) is 0.934. The van der Waals surface area contributed by atoms with Gasteiger partial charge in [-0.05, 0) is 23.8 Å². The van der Waals surface area contributed by atoms with Gasteiger partial charge in [0.15, 0.2) is 0 Å². The third-order valence-corrected chi connectivity index (χ3v) is 3.35. The van der Waals surface area contributed by atoms with Gasteiger partial charge in [0.25, 0.3) is 0 Å². The second-order valence-corrected chi connectivity index (χ2v) is 4.96. The molecule has 0 atom stereocenters. The van der Waals surface area contributed by atoms with Crippen LogP contribution in [0.2, 0.25) is 0 Å². The van der Waals surface area contributed by atoms with Gasteiger partial charge in [0.05, 0.1) is 30.6 Å². The number of carbonyl (C=O) groups excluding carboxylic acids is 1. The third-order valence-electron chi connectivity index (χ3n) is 3.35. The van der Waals surface area contributed by atoms with Crippen molar-refractivity contribution in [3.8, 4) is 5.75 Å². The second-order valence-electron chi connectivity index (χ2n) is 4.96. The highest BCUT2D eigenvalue weighted by molar-refractivity contribution is 6.15. The zero-order chi connectivity index (χ0) is 15.4. The van der Waals surface area contributed by atoms with Crippen LogP contribution in [0.25, 0.3) is 6.08 Å². The van der Waals surface area contributed by atoms with Crippen LogP contribution in [0.15, 0.2) is 59.6 Å². The van der Waals surface area contributed by atoms with Gasteiger partial charge in [0, 0.05) is 6.07 Å². The van der Waals surface area contributed by atoms with Crippen LogP contribution in [0, 0.1) is 0 Å². The standard InChI is InChI=1S/C18H16N2O2/c1-22-15-9-10-16-17(12-15)20-18(21)11-14(19-16)8-7-13-5-3-2-4-6-13/h2-10,12H,11H2,1H3,(H,20,21)/b8-7+. The molecule has 0 unspecified atom stereocenters. The van der Waals surface area contributed by atoms with E-state index in [9.17, 15) is 4.79 Å². The molecule has 110 valence electrons. The van der Waals surface area contributed by atoms with Gasteiger partial charge in [-0.1, -0.05) is 36.4 Å². The van der Waals surface area contributed by atoms with Crippen molar-refractivity contribution in [1.29, 1.82) is 0 Å². The number of benzene rings is 2. The molecule has 22 heavy (non-hydrogen) atoms. The topological polar surface area (TPSA) is 50.7 Å². The molecule has 1 aliphatic rings. The van der Waals surface area contributed by atoms with Crippen LogP contribution < -0.4 is 10.1 Å². The number of hydrogen-bond donors (Lipinski definition) is 1. The van der Waals surface area contributed by atoms with Gasteiger partial charge < -0.3 is 10.1 Å². The molecule has 2 aromatic carbocycles. The van der Waals surface area contributed by atoms with Crippen molar-refractivity contribution < 1.29 is 9.53 Å². The Hall–Kier alpha value is -2.88. The number of hydrogen-bond acceptors (Lipinski definition) is 3. The van der Waals surface area contributed by atoms with Gasteiger partial charge in [-0.15, -0.1) is 0 Å². The van der Waals surface area contributed by atoms with Crippen LogP contribution >= 0.6 is 0 Å². The first-order valence-electron chi connectivity index (χ1n) is 7.03. The number of aliphatic imine (C=N–C) groups is 1. The van der Waals surface area contributed by atoms with Crippen molar-refractivity contribution in [1.82, 2.24) is 0 Å². The number of nitrogens with one attached hydrogen (secondary N) is 1. The van der Waals surface area contributed by atoms with E-state index >= 15 is 0 Å². The molecule has 0 saturated carbocycles. The van der Waals surface area contributed by atoms with E-state index in [2.05, 4.69) is 10.3 Å². The lowest BCUT2D eigenvalue weighted by molar-refractivity contribution is -0.115. The molecule has 3 rings (SSSR count). The zero-order valence-corrected chi connectivity index (χ0v) is 12.2. The SMILES string of the molecule is COc1ccc2c(c1)NC(=O)CC(/C=C/c1ccccc1)=N2. The summed E-state index contributed by atoms with van der Waals surface area (Å²) in [5, 5.41) is 2.86. The Morgan fingerprint density at radius 3 is 2.73 bits per heavy atom. The van der Waals surface area contributed by atoms with Gasteiger partial charge >= 0.3 is 0 Å². The summed E-state index contributed by atoms with van der Waals surface area (Å²) >= 11 is 0. The highest BCUT2D eigenvalue weighted by Crippen LogP contribution is 2.31. The molecule has 1 N–H and O–H groups in total. The lowest BCUT2D eigenvalue weighted by atomic mass is 10.1. The van der Waals surface area contributed by atoms with Gasteiger partial charge in [-0.3, -0.25) is 9.79 Å². The van der Waals surface area contributed by atoms with Gasteiger partial charge in [-0.25, -0.2) is 0 Å². The highest BCUT2D eigenvalue weighted by Gasteiger charge is 2.14. The number of allylic oxidation sites excluding steroid dienone is 1. The largest absolute Gasteiger partial charge is 0.497 e. The van der Waals surface area contributed by atoms with Crippen LogP contribution in [0.3, 0.4) is 0 Å². The van der Waals surface area contributed by atoms with E-state index in [1.165, 1.54) is 0 Å². The fraction of sp³-hybridized carbons (Fsp3) is 0.111. The maximum absolute atomic E-state index is 12.0. The van der Waals surface area contributed by atoms with Crippen LogP contribution in [0.4, 0.5) is 11.4 Å². The predicted octanol–water partition coefficient (Wildman–Crippen LogP) is 3.82. The van der Waals surface area contributed by atoms with Crippen molar-refractivity contribution in [3.05, 3.63) is 60.2 Å². The molecular weight excluding hydrogens is 276 g/mol. The number of rotatable bonds is 3. The first kappa shape index (κ1) is 14.1. The Morgan fingerprint density at radius 1 is 1.14 bits per heavy atom. The van der Waals surface area contributed by atoms with Gasteiger partial charge in [-0.2, -0.15) is 0 Å². The Bertz CT molecular complexity index is 749. The minimum absolute atomic E-state index is 0.0801. The normalized spacial score (nSPS) is 14.0. The summed E-state index contributed by atoms with van der Waals surface area (Å²) in [4.78, 5) is 16.6. The summed E-state index contributed by atoms with van der Waals surface area (Å²) in [6.45, 7) is 0. The molecule has 4 heteroatoms. The second kappa shape index (κ2) is 6.26. The first-order valence-corrected chi connectivity index (χ1v) is 7.03. The molecule has 0 fully saturated rings. The van der Waals surface area contributed by atoms with E-state index in [1.54, 1.807) is 13.2 Å². The fourth-order valence-electron chi connectivity index (χ4n) is 2.25. The van der Waals surface area contributed by atoms with Crippen molar-refractivity contribution in [3.63, 3.8) is 0 Å². The summed E-state index contributed by atoms with van der Waals surface area (Å²) in [5.74, 6) is 0.612. The Labute approximate surface area is 129 Å². The van der Waals surface area contributed by atoms with Crippen molar-refractivity contribution in [2.24, 2.45) is 4.99 Å².